The first-order chi connectivity index (χ1) is 3.31. The molecule has 0 aliphatic rings. The van der Waals surface area contributed by atoms with Crippen LogP contribution in [0.5, 0.6) is 0 Å². The van der Waals surface area contributed by atoms with Crippen LogP contribution in [0.1, 0.15) is 0 Å². The van der Waals surface area contributed by atoms with E-state index in [9.17, 15) is 0 Å². The highest BCUT2D eigenvalue weighted by Crippen LogP contribution is 1.87. The number of nitrogens with two attached hydrogens (primary N) is 1. The van der Waals surface area contributed by atoms with E-state index in [1.165, 1.54) is 11.8 Å². The molecule has 4 heteroatoms. The maximum Gasteiger partial charge on any atom is 0.208 e. The number of hydrogen-bond acceptors (Lipinski definition) is 3. The van der Waals surface area contributed by atoms with Gasteiger partial charge in [0.1, 0.15) is 0 Å². The van der Waals surface area contributed by atoms with E-state index in [0.717, 1.165) is 0 Å². The van der Waals surface area contributed by atoms with Crippen molar-refractivity contribution in [2.24, 2.45) is 10.7 Å². The van der Waals surface area contributed by atoms with E-state index in [1.54, 1.807) is 12.4 Å². The van der Waals surface area contributed by atoms with Gasteiger partial charge in [-0.3, -0.25) is 0 Å². The molecule has 0 aromatic carbocycles. The summed E-state index contributed by atoms with van der Waals surface area (Å²) in [5, 5.41) is 8.14. The monoisotopic (exact) mass is 115 g/mol. The number of hydrogen-bond donors (Lipinski definition) is 1. The minimum atomic E-state index is 0.308. The smallest absolute Gasteiger partial charge is 0.208 e. The quantitative estimate of drug-likeness (QED) is 0.277. The van der Waals surface area contributed by atoms with E-state index in [4.69, 9.17) is 11.0 Å². The van der Waals surface area contributed by atoms with Gasteiger partial charge in [-0.05, 0) is 6.26 Å². The summed E-state index contributed by atoms with van der Waals surface area (Å²) in [7, 11) is 0. The normalized spacial score (nSPS) is 10.6. The first kappa shape index (κ1) is 6.31. The third-order valence-electron chi connectivity index (χ3n) is 0.369. The van der Waals surface area contributed by atoms with E-state index in [2.05, 4.69) is 4.99 Å². The molecular formula is C3H5N3S. The highest BCUT2D eigenvalue weighted by molar-refractivity contribution is 8.13. The number of thioether (sulfide) groups is 1. The van der Waals surface area contributed by atoms with Crippen LogP contribution in [0.15, 0.2) is 4.99 Å². The van der Waals surface area contributed by atoms with Crippen LogP contribution < -0.4 is 5.73 Å². The van der Waals surface area contributed by atoms with Gasteiger partial charge < -0.3 is 5.73 Å². The van der Waals surface area contributed by atoms with Gasteiger partial charge in [0.25, 0.3) is 0 Å². The van der Waals surface area contributed by atoms with Crippen molar-refractivity contribution in [3.63, 3.8) is 0 Å². The molecule has 0 saturated heterocycles. The summed E-state index contributed by atoms with van der Waals surface area (Å²) in [6.45, 7) is 0. The summed E-state index contributed by atoms with van der Waals surface area (Å²) in [5.74, 6) is 0. The Morgan fingerprint density at radius 3 is 2.71 bits per heavy atom. The summed E-state index contributed by atoms with van der Waals surface area (Å²) < 4.78 is 0. The third-order valence-corrected chi connectivity index (χ3v) is 0.879. The van der Waals surface area contributed by atoms with E-state index in [-0.39, 0.29) is 0 Å². The first-order valence-electron chi connectivity index (χ1n) is 1.57. The van der Waals surface area contributed by atoms with Crippen molar-refractivity contribution in [1.29, 1.82) is 5.26 Å². The van der Waals surface area contributed by atoms with E-state index < -0.39 is 0 Å². The zero-order valence-electron chi connectivity index (χ0n) is 3.88. The topological polar surface area (TPSA) is 62.2 Å². The summed E-state index contributed by atoms with van der Waals surface area (Å²) in [6.07, 6.45) is 3.32. The molecule has 0 aromatic heterocycles. The van der Waals surface area contributed by atoms with Crippen LogP contribution in [0.4, 0.5) is 0 Å². The van der Waals surface area contributed by atoms with Crippen molar-refractivity contribution in [2.75, 3.05) is 6.26 Å². The number of rotatable bonds is 0. The van der Waals surface area contributed by atoms with Crippen LogP contribution in [0.2, 0.25) is 0 Å². The molecule has 0 radical (unpaired) electrons. The van der Waals surface area contributed by atoms with Crippen molar-refractivity contribution in [1.82, 2.24) is 0 Å². The van der Waals surface area contributed by atoms with Crippen LogP contribution in [0.25, 0.3) is 0 Å². The zero-order valence-corrected chi connectivity index (χ0v) is 4.70. The molecule has 0 aliphatic carbocycles. The fraction of sp³-hybridized carbons (Fsp3) is 0.333. The molecule has 2 N–H and O–H groups in total. The first-order valence-corrected chi connectivity index (χ1v) is 2.80. The van der Waals surface area contributed by atoms with Crippen LogP contribution in [-0.2, 0) is 0 Å². The maximum absolute atomic E-state index is 7.84. The molecule has 3 nitrogen and oxygen atoms in total. The van der Waals surface area contributed by atoms with Gasteiger partial charge >= 0.3 is 0 Å². The molecule has 38 valence electrons. The number of amidine groups is 1. The third kappa shape index (κ3) is 3.13. The zero-order chi connectivity index (χ0) is 5.70. The highest BCUT2D eigenvalue weighted by Gasteiger charge is 1.79. The van der Waals surface area contributed by atoms with Gasteiger partial charge in [0, 0.05) is 0 Å². The van der Waals surface area contributed by atoms with Crippen LogP contribution in [-0.4, -0.2) is 11.4 Å². The Balaban J connectivity index is 3.56. The maximum atomic E-state index is 7.84. The van der Waals surface area contributed by atoms with E-state index in [0.29, 0.717) is 5.17 Å². The Kier molecular flexibility index (Phi) is 3.15. The lowest BCUT2D eigenvalue weighted by atomic mass is 11.2. The van der Waals surface area contributed by atoms with E-state index >= 15 is 0 Å². The fourth-order valence-corrected chi connectivity index (χ4v) is 0.227. The van der Waals surface area contributed by atoms with Crippen LogP contribution in [0, 0.1) is 11.5 Å². The molecule has 0 heterocycles. The van der Waals surface area contributed by atoms with Crippen molar-refractivity contribution >= 4 is 16.9 Å². The van der Waals surface area contributed by atoms with Crippen molar-refractivity contribution in [3.05, 3.63) is 0 Å². The molecule has 0 saturated carbocycles. The average Bonchev–Trinajstić information content (AvgIpc) is 1.68. The lowest BCUT2D eigenvalue weighted by molar-refractivity contribution is 1.44. The number of nitrogens with zero attached hydrogens (tertiary/aromatic N) is 2. The van der Waals surface area contributed by atoms with Crippen molar-refractivity contribution < 1.29 is 0 Å². The van der Waals surface area contributed by atoms with Gasteiger partial charge in [0.2, 0.25) is 6.19 Å². The summed E-state index contributed by atoms with van der Waals surface area (Å²) >= 11 is 1.25. The molecule has 0 rings (SSSR count). The predicted molar refractivity (Wildman–Crippen MR) is 30.8 cm³/mol. The fourth-order valence-electron chi connectivity index (χ4n) is 0.0949. The van der Waals surface area contributed by atoms with Gasteiger partial charge in [-0.15, -0.1) is 4.99 Å². The molecule has 7 heavy (non-hydrogen) atoms. The average molecular weight is 115 g/mol. The van der Waals surface area contributed by atoms with Gasteiger partial charge in [0.05, 0.1) is 0 Å². The minimum absolute atomic E-state index is 0.308. The molecule has 0 unspecified atom stereocenters. The second-order valence-corrected chi connectivity index (χ2v) is 1.58. The molecule has 0 atom stereocenters. The molecule has 0 spiro atoms. The second-order valence-electron chi connectivity index (χ2n) is 0.754. The van der Waals surface area contributed by atoms with Gasteiger partial charge in [-0.25, -0.2) is 0 Å². The second kappa shape index (κ2) is 3.50. The summed E-state index contributed by atoms with van der Waals surface area (Å²) in [4.78, 5) is 3.21. The number of nitriles is 1. The van der Waals surface area contributed by atoms with Crippen molar-refractivity contribution in [2.45, 2.75) is 0 Å². The molecule has 0 bridgehead atoms. The lowest BCUT2D eigenvalue weighted by Gasteiger charge is -1.82. The van der Waals surface area contributed by atoms with Crippen molar-refractivity contribution in [3.8, 4) is 6.19 Å². The van der Waals surface area contributed by atoms with Gasteiger partial charge in [-0.1, -0.05) is 11.8 Å². The minimum Gasteiger partial charge on any atom is -0.378 e. The Morgan fingerprint density at radius 1 is 2.00 bits per heavy atom. The summed E-state index contributed by atoms with van der Waals surface area (Å²) in [6, 6.07) is 0. The van der Waals surface area contributed by atoms with Crippen LogP contribution in [0.3, 0.4) is 0 Å². The Labute approximate surface area is 46.2 Å². The standard InChI is InChI=1S/C3H5N3S/c1-7-3(5)6-2-4/h1H3,(H2,5,6). The molecule has 0 aliphatic heterocycles. The predicted octanol–water partition coefficient (Wildman–Crippen LogP) is 0.145. The van der Waals surface area contributed by atoms with E-state index in [1.807, 2.05) is 0 Å². The lowest BCUT2D eigenvalue weighted by Crippen LogP contribution is -2.03. The largest absolute Gasteiger partial charge is 0.378 e. The molecular weight excluding hydrogens is 110 g/mol. The number of aliphatic imine (C=N–C) groups is 1. The highest BCUT2D eigenvalue weighted by atomic mass is 32.2. The Bertz CT molecular complexity index is 112. The van der Waals surface area contributed by atoms with Crippen LogP contribution >= 0.6 is 11.8 Å². The molecule has 0 aromatic rings. The molecule has 0 amide bonds. The van der Waals surface area contributed by atoms with Gasteiger partial charge in [-0.2, -0.15) is 5.26 Å². The molecule has 0 fully saturated rings. The Hall–Kier alpha value is -0.690. The Morgan fingerprint density at radius 2 is 2.57 bits per heavy atom. The van der Waals surface area contributed by atoms with Gasteiger partial charge in [0.15, 0.2) is 5.17 Å². The SMILES string of the molecule is CSC(N)=NC#N. The summed E-state index contributed by atoms with van der Waals surface area (Å²) in [5.41, 5.74) is 5.07.